The maximum absolute atomic E-state index is 12.1. The molecule has 0 unspecified atom stereocenters. The molecular weight excluding hydrogens is 145 g/mol. The van der Waals surface area contributed by atoms with Crippen molar-refractivity contribution in [3.63, 3.8) is 0 Å². The van der Waals surface area contributed by atoms with Crippen LogP contribution in [0.25, 0.3) is 0 Å². The van der Waals surface area contributed by atoms with Crippen LogP contribution in [0.2, 0.25) is 0 Å². The molecule has 0 fully saturated rings. The molecule has 0 aromatic heterocycles. The van der Waals surface area contributed by atoms with Crippen molar-refractivity contribution in [2.75, 3.05) is 0 Å². The van der Waals surface area contributed by atoms with Gasteiger partial charge >= 0.3 is 0 Å². The summed E-state index contributed by atoms with van der Waals surface area (Å²) in [6, 6.07) is 0. The number of hydrogen-bond acceptors (Lipinski definition) is 1. The van der Waals surface area contributed by atoms with Crippen molar-refractivity contribution in [1.29, 1.82) is 0 Å². The minimum absolute atomic E-state index is 0.322. The molecule has 3 heteroatoms. The van der Waals surface area contributed by atoms with Crippen molar-refractivity contribution in [3.8, 4) is 0 Å². The van der Waals surface area contributed by atoms with E-state index >= 15 is 0 Å². The van der Waals surface area contributed by atoms with Gasteiger partial charge in [0.25, 0.3) is 0 Å². The second kappa shape index (κ2) is 5.41. The molecule has 0 radical (unpaired) electrons. The molecule has 0 aromatic rings. The summed E-state index contributed by atoms with van der Waals surface area (Å²) in [5, 5.41) is 2.34. The molecule has 0 rings (SSSR count). The van der Waals surface area contributed by atoms with Crippen molar-refractivity contribution in [3.05, 3.63) is 36.3 Å². The number of allylic oxidation sites excluding steroid dienone is 4. The molecule has 0 aliphatic rings. The van der Waals surface area contributed by atoms with Crippen LogP contribution in [0.15, 0.2) is 36.3 Å². The second-order valence-corrected chi connectivity index (χ2v) is 1.84. The molecule has 0 aliphatic heterocycles. The summed E-state index contributed by atoms with van der Waals surface area (Å²) in [6.07, 6.45) is 4.60. The highest BCUT2D eigenvalue weighted by Gasteiger charge is 1.84. The lowest BCUT2D eigenvalue weighted by Crippen LogP contribution is -2.07. The van der Waals surface area contributed by atoms with Gasteiger partial charge in [0.1, 0.15) is 0 Å². The van der Waals surface area contributed by atoms with Gasteiger partial charge in [0.15, 0.2) is 0 Å². The lowest BCUT2D eigenvalue weighted by molar-refractivity contribution is -0.108. The van der Waals surface area contributed by atoms with Gasteiger partial charge in [-0.05, 0) is 25.2 Å². The van der Waals surface area contributed by atoms with Crippen LogP contribution >= 0.6 is 0 Å². The zero-order chi connectivity index (χ0) is 8.69. The van der Waals surface area contributed by atoms with Gasteiger partial charge in [-0.15, -0.1) is 0 Å². The number of carbonyl (C=O) groups is 1. The number of rotatable bonds is 4. The van der Waals surface area contributed by atoms with Gasteiger partial charge in [0.05, 0.1) is 5.83 Å². The predicted molar refractivity (Wildman–Crippen MR) is 42.3 cm³/mol. The Labute approximate surface area is 65.1 Å². The van der Waals surface area contributed by atoms with E-state index < -0.39 is 0 Å². The second-order valence-electron chi connectivity index (χ2n) is 1.84. The molecule has 2 nitrogen and oxygen atoms in total. The van der Waals surface area contributed by atoms with Crippen LogP contribution in [0.3, 0.4) is 0 Å². The fourth-order valence-corrected chi connectivity index (χ4v) is 0.448. The molecule has 0 bridgehead atoms. The molecule has 1 N–H and O–H groups in total. The normalized spacial score (nSPS) is 12.5. The summed E-state index contributed by atoms with van der Waals surface area (Å²) in [5.74, 6) is -0.322. The third kappa shape index (κ3) is 5.08. The Hall–Kier alpha value is -1.38. The van der Waals surface area contributed by atoms with E-state index in [0.29, 0.717) is 12.1 Å². The molecule has 0 heterocycles. The zero-order valence-corrected chi connectivity index (χ0v) is 6.30. The first-order valence-electron chi connectivity index (χ1n) is 3.07. The van der Waals surface area contributed by atoms with E-state index in [1.165, 1.54) is 25.2 Å². The van der Waals surface area contributed by atoms with Gasteiger partial charge in [-0.3, -0.25) is 4.79 Å². The van der Waals surface area contributed by atoms with Crippen LogP contribution in [0.5, 0.6) is 0 Å². The first kappa shape index (κ1) is 9.62. The summed E-state index contributed by atoms with van der Waals surface area (Å²) >= 11 is 0. The van der Waals surface area contributed by atoms with Gasteiger partial charge < -0.3 is 5.32 Å². The Balaban J connectivity index is 4.22. The first-order valence-corrected chi connectivity index (χ1v) is 3.07. The maximum Gasteiger partial charge on any atom is 0.211 e. The number of amides is 1. The fraction of sp³-hybridized carbons (Fsp3) is 0.125. The van der Waals surface area contributed by atoms with Crippen LogP contribution in [0.1, 0.15) is 6.92 Å². The lowest BCUT2D eigenvalue weighted by atomic mass is 10.3. The minimum atomic E-state index is -0.322. The quantitative estimate of drug-likeness (QED) is 0.485. The molecule has 11 heavy (non-hydrogen) atoms. The minimum Gasteiger partial charge on any atom is -0.329 e. The smallest absolute Gasteiger partial charge is 0.211 e. The summed E-state index contributed by atoms with van der Waals surface area (Å²) in [4.78, 5) is 9.90. The molecule has 0 saturated carbocycles. The topological polar surface area (TPSA) is 29.1 Å². The third-order valence-electron chi connectivity index (χ3n) is 0.938. The molecule has 0 aromatic carbocycles. The van der Waals surface area contributed by atoms with Gasteiger partial charge in [-0.1, -0.05) is 6.58 Å². The van der Waals surface area contributed by atoms with E-state index in [2.05, 4.69) is 11.9 Å². The number of carbonyl (C=O) groups excluding carboxylic acids is 1. The Bertz CT molecular complexity index is 202. The largest absolute Gasteiger partial charge is 0.329 e. The summed E-state index contributed by atoms with van der Waals surface area (Å²) in [7, 11) is 0. The Morgan fingerprint density at radius 1 is 1.55 bits per heavy atom. The highest BCUT2D eigenvalue weighted by molar-refractivity contribution is 5.52. The molecule has 0 aliphatic carbocycles. The van der Waals surface area contributed by atoms with Crippen LogP contribution < -0.4 is 5.32 Å². The van der Waals surface area contributed by atoms with Gasteiger partial charge in [0.2, 0.25) is 6.41 Å². The first-order chi connectivity index (χ1) is 5.20. The average molecular weight is 155 g/mol. The van der Waals surface area contributed by atoms with E-state index in [9.17, 15) is 9.18 Å². The standard InChI is InChI=1S/C8H10FNO/c1-3-8(10-6-11)5-4-7(2)9/h3-6H,1H2,2H3,(H,10,11)/b7-4+,8-5+. The predicted octanol–water partition coefficient (Wildman–Crippen LogP) is 1.68. The zero-order valence-electron chi connectivity index (χ0n) is 6.30. The SMILES string of the molecule is C=C/C(=C\C=C(/C)F)NC=O. The van der Waals surface area contributed by atoms with Crippen molar-refractivity contribution in [1.82, 2.24) is 5.32 Å². The van der Waals surface area contributed by atoms with E-state index in [1.54, 1.807) is 0 Å². The fourth-order valence-electron chi connectivity index (χ4n) is 0.448. The summed E-state index contributed by atoms with van der Waals surface area (Å²) in [5.41, 5.74) is 0.469. The van der Waals surface area contributed by atoms with Crippen molar-refractivity contribution in [2.45, 2.75) is 6.92 Å². The average Bonchev–Trinajstić information content (AvgIpc) is 1.97. The summed E-state index contributed by atoms with van der Waals surface area (Å²) in [6.45, 7) is 4.73. The van der Waals surface area contributed by atoms with Crippen molar-refractivity contribution < 1.29 is 9.18 Å². The molecular formula is C8H10FNO. The molecule has 1 amide bonds. The third-order valence-corrected chi connectivity index (χ3v) is 0.938. The van der Waals surface area contributed by atoms with Crippen molar-refractivity contribution in [2.24, 2.45) is 0 Å². The van der Waals surface area contributed by atoms with Gasteiger partial charge in [-0.25, -0.2) is 4.39 Å². The molecule has 0 saturated heterocycles. The number of nitrogens with one attached hydrogen (secondary N) is 1. The lowest BCUT2D eigenvalue weighted by Gasteiger charge is -1.94. The van der Waals surface area contributed by atoms with E-state index in [0.717, 1.165) is 0 Å². The van der Waals surface area contributed by atoms with Crippen LogP contribution in [0, 0.1) is 0 Å². The maximum atomic E-state index is 12.1. The van der Waals surface area contributed by atoms with Gasteiger partial charge in [-0.2, -0.15) is 0 Å². The van der Waals surface area contributed by atoms with Crippen LogP contribution in [0.4, 0.5) is 4.39 Å². The number of hydrogen-bond donors (Lipinski definition) is 1. The van der Waals surface area contributed by atoms with E-state index in [-0.39, 0.29) is 5.83 Å². The van der Waals surface area contributed by atoms with Crippen LogP contribution in [-0.4, -0.2) is 6.41 Å². The monoisotopic (exact) mass is 155 g/mol. The Morgan fingerprint density at radius 3 is 2.55 bits per heavy atom. The summed E-state index contributed by atoms with van der Waals surface area (Å²) < 4.78 is 12.1. The highest BCUT2D eigenvalue weighted by Crippen LogP contribution is 1.96. The van der Waals surface area contributed by atoms with Crippen molar-refractivity contribution >= 4 is 6.41 Å². The van der Waals surface area contributed by atoms with Crippen LogP contribution in [-0.2, 0) is 4.79 Å². The molecule has 0 atom stereocenters. The van der Waals surface area contributed by atoms with E-state index in [1.807, 2.05) is 0 Å². The van der Waals surface area contributed by atoms with E-state index in [4.69, 9.17) is 0 Å². The number of halogens is 1. The molecule has 0 spiro atoms. The highest BCUT2D eigenvalue weighted by atomic mass is 19.1. The van der Waals surface area contributed by atoms with Gasteiger partial charge in [0, 0.05) is 5.70 Å². The Morgan fingerprint density at radius 2 is 2.18 bits per heavy atom. The Kier molecular flexibility index (Phi) is 4.73. The molecule has 60 valence electrons.